The number of halogens is 3. The van der Waals surface area contributed by atoms with Gasteiger partial charge in [0, 0.05) is 6.54 Å². The summed E-state index contributed by atoms with van der Waals surface area (Å²) in [4.78, 5) is 12.5. The van der Waals surface area contributed by atoms with E-state index in [0.717, 1.165) is 17.7 Å². The maximum atomic E-state index is 13.2. The van der Waals surface area contributed by atoms with E-state index >= 15 is 0 Å². The molecule has 0 bridgehead atoms. The molecule has 6 nitrogen and oxygen atoms in total. The standard InChI is InChI=1S/C24H23F3N2O4S/c1-33-21-12-10-18(11-13-21)14-15-28-23(30)17-29(34(31,32)22-8-3-2-4-9-22)20-7-5-6-19(16-20)24(25,26)27/h2-13,16H,14-15,17H2,1H3,(H,28,30). The van der Waals surface area contributed by atoms with Gasteiger partial charge in [0.15, 0.2) is 0 Å². The van der Waals surface area contributed by atoms with Crippen molar-refractivity contribution in [3.8, 4) is 5.75 Å². The van der Waals surface area contributed by atoms with Gasteiger partial charge in [-0.1, -0.05) is 36.4 Å². The number of hydrogen-bond acceptors (Lipinski definition) is 4. The molecule has 0 spiro atoms. The molecule has 10 heteroatoms. The van der Waals surface area contributed by atoms with E-state index in [9.17, 15) is 26.4 Å². The maximum absolute atomic E-state index is 13.2. The molecule has 0 aliphatic carbocycles. The van der Waals surface area contributed by atoms with Crippen LogP contribution in [0.3, 0.4) is 0 Å². The number of ether oxygens (including phenoxy) is 1. The monoisotopic (exact) mass is 492 g/mol. The van der Waals surface area contributed by atoms with E-state index in [4.69, 9.17) is 4.74 Å². The van der Waals surface area contributed by atoms with Crippen LogP contribution in [0.1, 0.15) is 11.1 Å². The molecule has 3 aromatic carbocycles. The van der Waals surface area contributed by atoms with Crippen molar-refractivity contribution >= 4 is 21.6 Å². The zero-order valence-electron chi connectivity index (χ0n) is 18.2. The van der Waals surface area contributed by atoms with Gasteiger partial charge in [-0.25, -0.2) is 8.42 Å². The van der Waals surface area contributed by atoms with Crippen LogP contribution < -0.4 is 14.4 Å². The quantitative estimate of drug-likeness (QED) is 0.484. The van der Waals surface area contributed by atoms with Gasteiger partial charge in [-0.15, -0.1) is 0 Å². The van der Waals surface area contributed by atoms with Crippen LogP contribution in [-0.4, -0.2) is 34.5 Å². The summed E-state index contributed by atoms with van der Waals surface area (Å²) in [6.45, 7) is -0.464. The number of hydrogen-bond donors (Lipinski definition) is 1. The van der Waals surface area contributed by atoms with E-state index in [1.807, 2.05) is 12.1 Å². The van der Waals surface area contributed by atoms with Crippen molar-refractivity contribution in [2.75, 3.05) is 24.5 Å². The van der Waals surface area contributed by atoms with Gasteiger partial charge in [0.2, 0.25) is 5.91 Å². The van der Waals surface area contributed by atoms with Gasteiger partial charge in [-0.2, -0.15) is 13.2 Å². The summed E-state index contributed by atoms with van der Waals surface area (Å²) in [5, 5.41) is 2.63. The first-order chi connectivity index (χ1) is 16.1. The van der Waals surface area contributed by atoms with E-state index in [2.05, 4.69) is 5.32 Å². The number of methoxy groups -OCH3 is 1. The Bertz CT molecular complexity index is 1210. The third-order valence-corrected chi connectivity index (χ3v) is 6.76. The first kappa shape index (κ1) is 25.1. The molecule has 0 saturated carbocycles. The minimum Gasteiger partial charge on any atom is -0.497 e. The van der Waals surface area contributed by atoms with Crippen LogP contribution in [0.2, 0.25) is 0 Å². The fourth-order valence-electron chi connectivity index (χ4n) is 3.20. The lowest BCUT2D eigenvalue weighted by Crippen LogP contribution is -2.41. The van der Waals surface area contributed by atoms with Crippen LogP contribution in [-0.2, 0) is 27.4 Å². The molecule has 0 aliphatic heterocycles. The Balaban J connectivity index is 1.80. The molecule has 0 radical (unpaired) electrons. The number of alkyl halides is 3. The lowest BCUT2D eigenvalue weighted by Gasteiger charge is -2.25. The number of benzene rings is 3. The zero-order chi connectivity index (χ0) is 24.8. The third kappa shape index (κ3) is 6.28. The van der Waals surface area contributed by atoms with Crippen molar-refractivity contribution in [2.24, 2.45) is 0 Å². The Morgan fingerprint density at radius 3 is 2.26 bits per heavy atom. The minimum atomic E-state index is -4.67. The van der Waals surface area contributed by atoms with Crippen molar-refractivity contribution in [2.45, 2.75) is 17.5 Å². The average molecular weight is 493 g/mol. The summed E-state index contributed by atoms with van der Waals surface area (Å²) >= 11 is 0. The third-order valence-electron chi connectivity index (χ3n) is 4.97. The predicted molar refractivity (Wildman–Crippen MR) is 122 cm³/mol. The van der Waals surface area contributed by atoms with Gasteiger partial charge in [0.25, 0.3) is 10.0 Å². The van der Waals surface area contributed by atoms with Gasteiger partial charge in [0.05, 0.1) is 23.3 Å². The highest BCUT2D eigenvalue weighted by atomic mass is 32.2. The van der Waals surface area contributed by atoms with Crippen LogP contribution in [0.25, 0.3) is 0 Å². The maximum Gasteiger partial charge on any atom is 0.416 e. The predicted octanol–water partition coefficient (Wildman–Crippen LogP) is 4.27. The number of amides is 1. The number of carbonyl (C=O) groups is 1. The van der Waals surface area contributed by atoms with Gasteiger partial charge in [0.1, 0.15) is 12.3 Å². The van der Waals surface area contributed by atoms with Crippen molar-refractivity contribution in [3.63, 3.8) is 0 Å². The van der Waals surface area contributed by atoms with Crippen LogP contribution in [0.5, 0.6) is 5.75 Å². The molecule has 0 unspecified atom stereocenters. The second-order valence-electron chi connectivity index (χ2n) is 7.32. The van der Waals surface area contributed by atoms with Crippen LogP contribution in [0.4, 0.5) is 18.9 Å². The molecule has 34 heavy (non-hydrogen) atoms. The van der Waals surface area contributed by atoms with Gasteiger partial charge in [-0.05, 0) is 54.4 Å². The molecule has 3 aromatic rings. The Morgan fingerprint density at radius 1 is 0.971 bits per heavy atom. The van der Waals surface area contributed by atoms with Crippen molar-refractivity contribution < 1.29 is 31.1 Å². The summed E-state index contributed by atoms with van der Waals surface area (Å²) in [5.74, 6) is 0.0427. The Labute approximate surface area is 196 Å². The number of anilines is 1. The molecule has 0 saturated heterocycles. The lowest BCUT2D eigenvalue weighted by molar-refractivity contribution is -0.137. The normalized spacial score (nSPS) is 11.6. The first-order valence-corrected chi connectivity index (χ1v) is 11.7. The smallest absolute Gasteiger partial charge is 0.416 e. The van der Waals surface area contributed by atoms with E-state index in [1.165, 1.54) is 30.3 Å². The molecule has 0 aromatic heterocycles. The topological polar surface area (TPSA) is 75.7 Å². The number of sulfonamides is 1. The summed E-state index contributed by atoms with van der Waals surface area (Å²) < 4.78 is 72.0. The van der Waals surface area contributed by atoms with E-state index in [0.29, 0.717) is 22.5 Å². The number of nitrogens with one attached hydrogen (secondary N) is 1. The van der Waals surface area contributed by atoms with E-state index in [-0.39, 0.29) is 17.1 Å². The molecule has 3 rings (SSSR count). The first-order valence-electron chi connectivity index (χ1n) is 10.3. The lowest BCUT2D eigenvalue weighted by atomic mass is 10.1. The number of carbonyl (C=O) groups excluding carboxylic acids is 1. The Kier molecular flexibility index (Phi) is 7.83. The van der Waals surface area contributed by atoms with Gasteiger partial charge < -0.3 is 10.1 Å². The summed E-state index contributed by atoms with van der Waals surface area (Å²) in [7, 11) is -2.75. The molecular weight excluding hydrogens is 469 g/mol. The second-order valence-corrected chi connectivity index (χ2v) is 9.18. The van der Waals surface area contributed by atoms with E-state index in [1.54, 1.807) is 25.3 Å². The molecular formula is C24H23F3N2O4S. The second kappa shape index (κ2) is 10.6. The minimum absolute atomic E-state index is 0.140. The highest BCUT2D eigenvalue weighted by Crippen LogP contribution is 2.33. The highest BCUT2D eigenvalue weighted by Gasteiger charge is 2.33. The number of rotatable bonds is 9. The number of nitrogens with zero attached hydrogens (tertiary/aromatic N) is 1. The largest absolute Gasteiger partial charge is 0.497 e. The molecule has 180 valence electrons. The van der Waals surface area contributed by atoms with Crippen molar-refractivity contribution in [1.29, 1.82) is 0 Å². The fourth-order valence-corrected chi connectivity index (χ4v) is 4.63. The van der Waals surface area contributed by atoms with Crippen molar-refractivity contribution in [1.82, 2.24) is 5.32 Å². The molecule has 0 fully saturated rings. The molecule has 0 heterocycles. The van der Waals surface area contributed by atoms with Crippen LogP contribution in [0.15, 0.2) is 83.8 Å². The van der Waals surface area contributed by atoms with Crippen molar-refractivity contribution in [3.05, 3.63) is 90.0 Å². The molecule has 0 aliphatic rings. The summed E-state index contributed by atoms with van der Waals surface area (Å²) in [5.41, 5.74) is -0.352. The summed E-state index contributed by atoms with van der Waals surface area (Å²) in [6, 6.07) is 18.3. The Hall–Kier alpha value is -3.53. The summed E-state index contributed by atoms with van der Waals surface area (Å²) in [6.07, 6.45) is -4.19. The molecule has 1 amide bonds. The highest BCUT2D eigenvalue weighted by molar-refractivity contribution is 7.92. The Morgan fingerprint density at radius 2 is 1.65 bits per heavy atom. The SMILES string of the molecule is COc1ccc(CCNC(=O)CN(c2cccc(C(F)(F)F)c2)S(=O)(=O)c2ccccc2)cc1. The van der Waals surface area contributed by atoms with Gasteiger partial charge >= 0.3 is 6.18 Å². The zero-order valence-corrected chi connectivity index (χ0v) is 19.1. The van der Waals surface area contributed by atoms with E-state index < -0.39 is 34.2 Å². The van der Waals surface area contributed by atoms with Crippen LogP contribution in [0, 0.1) is 0 Å². The molecule has 1 N–H and O–H groups in total. The average Bonchev–Trinajstić information content (AvgIpc) is 2.83. The van der Waals surface area contributed by atoms with Gasteiger partial charge in [-0.3, -0.25) is 9.10 Å². The molecule has 0 atom stereocenters. The van der Waals surface area contributed by atoms with Crippen LogP contribution >= 0.6 is 0 Å². The fraction of sp³-hybridized carbons (Fsp3) is 0.208.